The second-order valence-corrected chi connectivity index (χ2v) is 3.94. The summed E-state index contributed by atoms with van der Waals surface area (Å²) >= 11 is 0. The lowest BCUT2D eigenvalue weighted by molar-refractivity contribution is -0.0414. The topological polar surface area (TPSA) is 15.7 Å². The zero-order chi connectivity index (χ0) is 9.10. The number of hydrogen-bond donors (Lipinski definition) is 0. The van der Waals surface area contributed by atoms with Crippen molar-refractivity contribution < 1.29 is 4.74 Å². The molecule has 1 unspecified atom stereocenters. The molecule has 0 bridgehead atoms. The summed E-state index contributed by atoms with van der Waals surface area (Å²) < 4.78 is 5.67. The van der Waals surface area contributed by atoms with Gasteiger partial charge in [0.05, 0.1) is 0 Å². The van der Waals surface area contributed by atoms with Gasteiger partial charge in [-0.2, -0.15) is 0 Å². The minimum Gasteiger partial charge on any atom is -0.363 e. The van der Waals surface area contributed by atoms with Gasteiger partial charge in [0.2, 0.25) is 0 Å². The quantitative estimate of drug-likeness (QED) is 0.630. The van der Waals surface area contributed by atoms with Crippen molar-refractivity contribution in [1.82, 2.24) is 9.80 Å². The van der Waals surface area contributed by atoms with E-state index in [9.17, 15) is 0 Å². The zero-order valence-electron chi connectivity index (χ0n) is 8.54. The van der Waals surface area contributed by atoms with E-state index in [-0.39, 0.29) is 0 Å². The SMILES string of the molecule is CCN1CCN(C2CCCO2)CC1. The van der Waals surface area contributed by atoms with Crippen LogP contribution in [0.4, 0.5) is 0 Å². The minimum atomic E-state index is 0.444. The van der Waals surface area contributed by atoms with Crippen molar-refractivity contribution in [1.29, 1.82) is 0 Å². The van der Waals surface area contributed by atoms with Gasteiger partial charge in [-0.3, -0.25) is 4.90 Å². The predicted octanol–water partition coefficient (Wildman–Crippen LogP) is 0.760. The summed E-state index contributed by atoms with van der Waals surface area (Å²) in [6.45, 7) is 9.23. The number of hydrogen-bond acceptors (Lipinski definition) is 3. The van der Waals surface area contributed by atoms with Gasteiger partial charge >= 0.3 is 0 Å². The van der Waals surface area contributed by atoms with E-state index in [2.05, 4.69) is 16.7 Å². The molecule has 0 aliphatic carbocycles. The summed E-state index contributed by atoms with van der Waals surface area (Å²) in [6, 6.07) is 0. The first-order valence-corrected chi connectivity index (χ1v) is 5.48. The molecule has 76 valence electrons. The molecule has 3 nitrogen and oxygen atoms in total. The van der Waals surface area contributed by atoms with Crippen LogP contribution in [0.25, 0.3) is 0 Å². The van der Waals surface area contributed by atoms with Crippen molar-refractivity contribution in [3.05, 3.63) is 0 Å². The van der Waals surface area contributed by atoms with Crippen molar-refractivity contribution in [3.8, 4) is 0 Å². The molecule has 2 saturated heterocycles. The second-order valence-electron chi connectivity index (χ2n) is 3.94. The molecule has 0 amide bonds. The van der Waals surface area contributed by atoms with Crippen LogP contribution in [-0.2, 0) is 4.74 Å². The lowest BCUT2D eigenvalue weighted by atomic mass is 10.2. The Labute approximate surface area is 80.6 Å². The Morgan fingerprint density at radius 1 is 1.23 bits per heavy atom. The van der Waals surface area contributed by atoms with Crippen LogP contribution in [0.15, 0.2) is 0 Å². The fourth-order valence-electron chi connectivity index (χ4n) is 2.22. The van der Waals surface area contributed by atoms with Gasteiger partial charge in [0.1, 0.15) is 6.23 Å². The molecule has 0 spiro atoms. The Balaban J connectivity index is 1.77. The molecular formula is C10H20N2O. The summed E-state index contributed by atoms with van der Waals surface area (Å²) in [5.41, 5.74) is 0. The van der Waals surface area contributed by atoms with E-state index < -0.39 is 0 Å². The van der Waals surface area contributed by atoms with E-state index >= 15 is 0 Å². The molecular weight excluding hydrogens is 164 g/mol. The molecule has 0 radical (unpaired) electrons. The lowest BCUT2D eigenvalue weighted by Gasteiger charge is -2.36. The van der Waals surface area contributed by atoms with E-state index in [0.29, 0.717) is 6.23 Å². The highest BCUT2D eigenvalue weighted by Gasteiger charge is 2.25. The van der Waals surface area contributed by atoms with E-state index in [4.69, 9.17) is 4.74 Å². The van der Waals surface area contributed by atoms with E-state index in [1.54, 1.807) is 0 Å². The third kappa shape index (κ3) is 2.22. The number of piperazine rings is 1. The Bertz CT molecular complexity index is 149. The lowest BCUT2D eigenvalue weighted by Crippen LogP contribution is -2.49. The van der Waals surface area contributed by atoms with Gasteiger partial charge in [0, 0.05) is 32.8 Å². The predicted molar refractivity (Wildman–Crippen MR) is 52.7 cm³/mol. The van der Waals surface area contributed by atoms with Gasteiger partial charge in [0.25, 0.3) is 0 Å². The van der Waals surface area contributed by atoms with Crippen LogP contribution in [0.1, 0.15) is 19.8 Å². The first-order chi connectivity index (χ1) is 6.40. The van der Waals surface area contributed by atoms with Gasteiger partial charge in [-0.05, 0) is 19.4 Å². The number of likely N-dealkylation sites (N-methyl/N-ethyl adjacent to an activating group) is 1. The largest absolute Gasteiger partial charge is 0.363 e. The van der Waals surface area contributed by atoms with Crippen LogP contribution in [0, 0.1) is 0 Å². The average Bonchev–Trinajstić information content (AvgIpc) is 2.71. The molecule has 0 N–H and O–H groups in total. The van der Waals surface area contributed by atoms with Crippen molar-refractivity contribution >= 4 is 0 Å². The highest BCUT2D eigenvalue weighted by molar-refractivity contribution is 4.75. The summed E-state index contributed by atoms with van der Waals surface area (Å²) in [5, 5.41) is 0. The third-order valence-corrected chi connectivity index (χ3v) is 3.17. The van der Waals surface area contributed by atoms with E-state index in [1.165, 1.54) is 45.6 Å². The molecule has 0 aromatic heterocycles. The fourth-order valence-corrected chi connectivity index (χ4v) is 2.22. The Kier molecular flexibility index (Phi) is 3.19. The van der Waals surface area contributed by atoms with Crippen LogP contribution in [0.5, 0.6) is 0 Å². The van der Waals surface area contributed by atoms with Crippen LogP contribution in [0.3, 0.4) is 0 Å². The fraction of sp³-hybridized carbons (Fsp3) is 1.00. The second kappa shape index (κ2) is 4.40. The van der Waals surface area contributed by atoms with Crippen LogP contribution in [-0.4, -0.2) is 55.4 Å². The van der Waals surface area contributed by atoms with Gasteiger partial charge in [0.15, 0.2) is 0 Å². The maximum atomic E-state index is 5.67. The monoisotopic (exact) mass is 184 g/mol. The number of nitrogens with zero attached hydrogens (tertiary/aromatic N) is 2. The number of rotatable bonds is 2. The Hall–Kier alpha value is -0.120. The van der Waals surface area contributed by atoms with Crippen LogP contribution < -0.4 is 0 Å². The smallest absolute Gasteiger partial charge is 0.110 e. The molecule has 3 heteroatoms. The Morgan fingerprint density at radius 3 is 2.54 bits per heavy atom. The average molecular weight is 184 g/mol. The molecule has 0 aromatic carbocycles. The normalized spacial score (nSPS) is 32.5. The van der Waals surface area contributed by atoms with Crippen molar-refractivity contribution in [2.75, 3.05) is 39.3 Å². The summed E-state index contributed by atoms with van der Waals surface area (Å²) in [4.78, 5) is 5.00. The summed E-state index contributed by atoms with van der Waals surface area (Å²) in [6.07, 6.45) is 2.93. The van der Waals surface area contributed by atoms with Crippen LogP contribution in [0.2, 0.25) is 0 Å². The minimum absolute atomic E-state index is 0.444. The van der Waals surface area contributed by atoms with Gasteiger partial charge in [-0.15, -0.1) is 0 Å². The van der Waals surface area contributed by atoms with Gasteiger partial charge < -0.3 is 9.64 Å². The molecule has 0 aromatic rings. The first-order valence-electron chi connectivity index (χ1n) is 5.48. The van der Waals surface area contributed by atoms with Crippen molar-refractivity contribution in [3.63, 3.8) is 0 Å². The Morgan fingerprint density at radius 2 is 2.00 bits per heavy atom. The molecule has 2 heterocycles. The highest BCUT2D eigenvalue weighted by Crippen LogP contribution is 2.17. The molecule has 0 saturated carbocycles. The van der Waals surface area contributed by atoms with E-state index in [1.807, 2.05) is 0 Å². The molecule has 2 fully saturated rings. The zero-order valence-corrected chi connectivity index (χ0v) is 8.54. The van der Waals surface area contributed by atoms with Crippen LogP contribution >= 0.6 is 0 Å². The van der Waals surface area contributed by atoms with Crippen molar-refractivity contribution in [2.24, 2.45) is 0 Å². The summed E-state index contributed by atoms with van der Waals surface area (Å²) in [5.74, 6) is 0. The van der Waals surface area contributed by atoms with Gasteiger partial charge in [-0.25, -0.2) is 0 Å². The molecule has 2 rings (SSSR count). The van der Waals surface area contributed by atoms with E-state index in [0.717, 1.165) is 6.61 Å². The standard InChI is InChI=1S/C10H20N2O/c1-2-11-5-7-12(8-6-11)10-4-3-9-13-10/h10H,2-9H2,1H3. The maximum absolute atomic E-state index is 5.67. The third-order valence-electron chi connectivity index (χ3n) is 3.17. The highest BCUT2D eigenvalue weighted by atomic mass is 16.5. The maximum Gasteiger partial charge on any atom is 0.110 e. The molecule has 1 atom stereocenters. The van der Waals surface area contributed by atoms with Gasteiger partial charge in [-0.1, -0.05) is 6.92 Å². The molecule has 13 heavy (non-hydrogen) atoms. The van der Waals surface area contributed by atoms with Crippen molar-refractivity contribution in [2.45, 2.75) is 26.0 Å². The summed E-state index contributed by atoms with van der Waals surface area (Å²) in [7, 11) is 0. The number of ether oxygens (including phenoxy) is 1. The first kappa shape index (κ1) is 9.44. The molecule has 2 aliphatic rings. The molecule has 2 aliphatic heterocycles.